The van der Waals surface area contributed by atoms with Gasteiger partial charge in [-0.05, 0) is 80.9 Å². The Bertz CT molecular complexity index is 1520. The van der Waals surface area contributed by atoms with Gasteiger partial charge in [-0.15, -0.1) is 0 Å². The number of aliphatic carboxylic acids is 1. The largest absolute Gasteiger partial charge is 0.508 e. The van der Waals surface area contributed by atoms with Crippen LogP contribution < -0.4 is 49.9 Å². The lowest BCUT2D eigenvalue weighted by Crippen LogP contribution is -2.58. The van der Waals surface area contributed by atoms with Crippen LogP contribution in [0.25, 0.3) is 0 Å². The van der Waals surface area contributed by atoms with E-state index in [4.69, 9.17) is 28.7 Å². The number of phenolic OH excluding ortho intramolecular Hbond substituents is 1. The molecular weight excluding hydrogens is 736 g/mol. The molecule has 1 aromatic rings. The molecule has 57 heavy (non-hydrogen) atoms. The predicted octanol–water partition coefficient (Wildman–Crippen LogP) is -1.05. The molecule has 1 heterocycles. The third kappa shape index (κ3) is 17.2. The van der Waals surface area contributed by atoms with Crippen molar-refractivity contribution in [1.29, 1.82) is 0 Å². The van der Waals surface area contributed by atoms with E-state index in [1.165, 1.54) is 17.0 Å². The van der Waals surface area contributed by atoms with Gasteiger partial charge in [0.2, 0.25) is 23.6 Å². The van der Waals surface area contributed by atoms with Crippen molar-refractivity contribution < 1.29 is 34.2 Å². The van der Waals surface area contributed by atoms with Crippen molar-refractivity contribution in [3.05, 3.63) is 29.8 Å². The average molecular weight is 803 g/mol. The number of guanidine groups is 2. The van der Waals surface area contributed by atoms with Gasteiger partial charge in [0.15, 0.2) is 11.9 Å². The molecule has 0 radical (unpaired) electrons. The number of carboxylic acid groups (broad SMARTS) is 1. The van der Waals surface area contributed by atoms with Crippen LogP contribution in [0, 0.1) is 11.8 Å². The van der Waals surface area contributed by atoms with E-state index in [2.05, 4.69) is 31.3 Å². The molecule has 0 aromatic heterocycles. The third-order valence-corrected chi connectivity index (χ3v) is 9.87. The Labute approximate surface area is 335 Å². The first-order valence-corrected chi connectivity index (χ1v) is 19.7. The summed E-state index contributed by atoms with van der Waals surface area (Å²) in [6.07, 6.45) is 3.35. The van der Waals surface area contributed by atoms with Crippen molar-refractivity contribution in [2.24, 2.45) is 50.5 Å². The van der Waals surface area contributed by atoms with Crippen LogP contribution in [0.3, 0.4) is 0 Å². The lowest BCUT2D eigenvalue weighted by atomic mass is 9.96. The van der Waals surface area contributed by atoms with Gasteiger partial charge in [0, 0.05) is 32.2 Å². The summed E-state index contributed by atoms with van der Waals surface area (Å²) in [6, 6.07) is 1.29. The van der Waals surface area contributed by atoms with Gasteiger partial charge >= 0.3 is 5.97 Å². The number of carbonyl (C=O) groups is 5. The highest BCUT2D eigenvalue weighted by molar-refractivity contribution is 5.93. The summed E-state index contributed by atoms with van der Waals surface area (Å²) in [7, 11) is 0. The van der Waals surface area contributed by atoms with Crippen molar-refractivity contribution in [3.63, 3.8) is 0 Å². The zero-order valence-electron chi connectivity index (χ0n) is 33.8. The molecule has 0 bridgehead atoms. The van der Waals surface area contributed by atoms with E-state index >= 15 is 0 Å². The Morgan fingerprint density at radius 2 is 1.47 bits per heavy atom. The normalized spacial score (nSPS) is 17.0. The number of phenols is 1. The lowest BCUT2D eigenvalue weighted by molar-refractivity contribution is -0.142. The first-order valence-electron chi connectivity index (χ1n) is 19.7. The predicted molar refractivity (Wildman–Crippen MR) is 218 cm³/mol. The molecule has 4 amide bonds. The molecule has 1 aromatic carbocycles. The summed E-state index contributed by atoms with van der Waals surface area (Å²) in [4.78, 5) is 76.2. The van der Waals surface area contributed by atoms with Crippen LogP contribution in [0.5, 0.6) is 5.75 Å². The van der Waals surface area contributed by atoms with Crippen LogP contribution in [-0.2, 0) is 30.4 Å². The fourth-order valence-electron chi connectivity index (χ4n) is 6.59. The number of likely N-dealkylation sites (tertiary alicyclic amines) is 1. The van der Waals surface area contributed by atoms with Crippen LogP contribution in [0.15, 0.2) is 34.3 Å². The summed E-state index contributed by atoms with van der Waals surface area (Å²) < 4.78 is 0. The van der Waals surface area contributed by atoms with Crippen molar-refractivity contribution in [3.8, 4) is 5.75 Å². The van der Waals surface area contributed by atoms with Gasteiger partial charge in [-0.2, -0.15) is 0 Å². The van der Waals surface area contributed by atoms with E-state index < -0.39 is 65.8 Å². The van der Waals surface area contributed by atoms with E-state index in [9.17, 15) is 34.2 Å². The van der Waals surface area contributed by atoms with E-state index in [0.717, 1.165) is 5.56 Å². The molecule has 0 aliphatic carbocycles. The minimum atomic E-state index is -1.12. The number of hydrogen-bond donors (Lipinski definition) is 11. The van der Waals surface area contributed by atoms with Crippen molar-refractivity contribution in [2.45, 2.75) is 122 Å². The molecule has 16 N–H and O–H groups in total. The zero-order chi connectivity index (χ0) is 42.7. The first-order chi connectivity index (χ1) is 26.9. The molecule has 320 valence electrons. The molecule has 0 spiro atoms. The Kier molecular flexibility index (Phi) is 20.6. The monoisotopic (exact) mass is 803 g/mol. The second kappa shape index (κ2) is 24.5. The highest BCUT2D eigenvalue weighted by Gasteiger charge is 2.39. The number of nitrogens with one attached hydrogen (secondary N) is 4. The minimum Gasteiger partial charge on any atom is -0.508 e. The number of nitrogens with two attached hydrogens (primary N) is 5. The quantitative estimate of drug-likeness (QED) is 0.0320. The molecule has 1 aliphatic rings. The minimum absolute atomic E-state index is 0.0371. The van der Waals surface area contributed by atoms with Crippen LogP contribution in [0.4, 0.5) is 0 Å². The second-order valence-electron chi connectivity index (χ2n) is 15.1. The number of nitrogens with zero attached hydrogens (tertiary/aromatic N) is 3. The maximum Gasteiger partial charge on any atom is 0.326 e. The molecule has 1 fully saturated rings. The number of aromatic hydroxyl groups is 1. The van der Waals surface area contributed by atoms with Gasteiger partial charge in [0.25, 0.3) is 0 Å². The van der Waals surface area contributed by atoms with Gasteiger partial charge in [-0.3, -0.25) is 29.2 Å². The SMILES string of the molecule is CCC(C)[C@H](NC[C@H](Cc1ccc(O)cc1)NC(=O)[C@@H]1CCCN1C(=O)[C@H](CCCN=C(N)N)NC(=O)[C@@H](N)CCCN=C(N)N)C(=O)N[C@@H](CC(C)C)C(=O)O. The number of rotatable bonds is 25. The Balaban J connectivity index is 2.30. The topological polar surface area (TPSA) is 332 Å². The number of aliphatic imine (C=N–C) groups is 2. The third-order valence-electron chi connectivity index (χ3n) is 9.87. The van der Waals surface area contributed by atoms with Crippen LogP contribution in [-0.4, -0.2) is 119 Å². The maximum absolute atomic E-state index is 14.1. The van der Waals surface area contributed by atoms with Gasteiger partial charge in [-0.25, -0.2) is 4.79 Å². The fraction of sp³-hybridized carbons (Fsp3) is 0.658. The lowest BCUT2D eigenvalue weighted by Gasteiger charge is -2.31. The molecular formula is C38H66N12O7. The molecule has 1 aliphatic heterocycles. The molecule has 1 saturated heterocycles. The van der Waals surface area contributed by atoms with Crippen molar-refractivity contribution in [1.82, 2.24) is 26.2 Å². The highest BCUT2D eigenvalue weighted by Crippen LogP contribution is 2.21. The molecule has 7 atom stereocenters. The summed E-state index contributed by atoms with van der Waals surface area (Å²) >= 11 is 0. The van der Waals surface area contributed by atoms with E-state index in [1.54, 1.807) is 12.1 Å². The van der Waals surface area contributed by atoms with Crippen LogP contribution in [0.1, 0.15) is 84.6 Å². The standard InChI is InChI=1S/C38H66N12O7/c1-5-23(4)31(34(54)49-29(36(56)57)19-22(2)3)46-21-25(20-24-12-14-26(51)15-13-24)47-33(53)30-11-8-18-50(30)35(55)28(10-7-17-45-38(42)43)48-32(52)27(39)9-6-16-44-37(40)41/h12-15,22-23,25,27-31,46,51H,5-11,16-21,39H2,1-4H3,(H,47,53)(H,48,52)(H,49,54)(H,56,57)(H4,40,41,44)(H4,42,43,45)/t23?,25-,27-,28-,29-,30-,31-/m0/s1. The average Bonchev–Trinajstić information content (AvgIpc) is 3.64. The highest BCUT2D eigenvalue weighted by atomic mass is 16.4. The maximum atomic E-state index is 14.1. The van der Waals surface area contributed by atoms with Gasteiger partial charge in [-0.1, -0.05) is 46.2 Å². The Morgan fingerprint density at radius 3 is 2.04 bits per heavy atom. The number of amides is 4. The van der Waals surface area contributed by atoms with Gasteiger partial charge in [0.1, 0.15) is 23.9 Å². The van der Waals surface area contributed by atoms with E-state index in [0.29, 0.717) is 38.5 Å². The van der Waals surface area contributed by atoms with E-state index in [-0.39, 0.29) is 74.9 Å². The van der Waals surface area contributed by atoms with Crippen LogP contribution in [0.2, 0.25) is 0 Å². The van der Waals surface area contributed by atoms with E-state index in [1.807, 2.05) is 27.7 Å². The first kappa shape index (κ1) is 48.0. The zero-order valence-corrected chi connectivity index (χ0v) is 33.8. The summed E-state index contributed by atoms with van der Waals surface area (Å²) in [6.45, 7) is 8.47. The van der Waals surface area contributed by atoms with Crippen molar-refractivity contribution >= 4 is 41.5 Å². The number of benzene rings is 1. The molecule has 0 saturated carbocycles. The second-order valence-corrected chi connectivity index (χ2v) is 15.1. The fourth-order valence-corrected chi connectivity index (χ4v) is 6.59. The summed E-state index contributed by atoms with van der Waals surface area (Å²) in [5.41, 5.74) is 28.6. The Hall–Kier alpha value is -5.17. The molecule has 19 heteroatoms. The molecule has 2 rings (SSSR count). The summed E-state index contributed by atoms with van der Waals surface area (Å²) in [5, 5.41) is 31.5. The van der Waals surface area contributed by atoms with Crippen LogP contribution >= 0.6 is 0 Å². The molecule has 19 nitrogen and oxygen atoms in total. The summed E-state index contributed by atoms with van der Waals surface area (Å²) in [5.74, 6) is -3.23. The van der Waals surface area contributed by atoms with Gasteiger partial charge < -0.3 is 65.0 Å². The number of carboxylic acids is 1. The number of hydrogen-bond acceptors (Lipinski definition) is 10. The number of carbonyl (C=O) groups excluding carboxylic acids is 4. The van der Waals surface area contributed by atoms with Crippen molar-refractivity contribution in [2.75, 3.05) is 26.2 Å². The Morgan fingerprint density at radius 1 is 0.877 bits per heavy atom. The van der Waals surface area contributed by atoms with Gasteiger partial charge in [0.05, 0.1) is 12.1 Å². The molecule has 1 unspecified atom stereocenters. The smallest absolute Gasteiger partial charge is 0.326 e.